The number of hydrogen-bond donors (Lipinski definition) is 1. The Labute approximate surface area is 173 Å². The number of amides is 1. The van der Waals surface area contributed by atoms with Gasteiger partial charge >= 0.3 is 5.97 Å². The second kappa shape index (κ2) is 11.2. The molecule has 7 nitrogen and oxygen atoms in total. The molecule has 0 atom stereocenters. The molecule has 1 N–H and O–H groups in total. The molecule has 160 valence electrons. The van der Waals surface area contributed by atoms with Crippen molar-refractivity contribution in [2.75, 3.05) is 62.8 Å². The van der Waals surface area contributed by atoms with Gasteiger partial charge in [0.15, 0.2) is 0 Å². The summed E-state index contributed by atoms with van der Waals surface area (Å²) in [4.78, 5) is 28.5. The van der Waals surface area contributed by atoms with E-state index in [1.807, 2.05) is 31.2 Å². The predicted octanol–water partition coefficient (Wildman–Crippen LogP) is 2.52. The standard InChI is InChI=1S/C22H33N3O4/c1-2-29-22(27)10-12-24(17-18-3-4-18)11-9-21(26)23-19-5-7-20(8-6-19)25-13-15-28-16-14-25/h5-8,18H,2-4,9-17H2,1H3,(H,23,26). The van der Waals surface area contributed by atoms with Gasteiger partial charge in [-0.3, -0.25) is 9.59 Å². The number of morpholine rings is 1. The van der Waals surface area contributed by atoms with Gasteiger partial charge in [-0.25, -0.2) is 0 Å². The quantitative estimate of drug-likeness (QED) is 0.573. The van der Waals surface area contributed by atoms with Crippen molar-refractivity contribution in [3.8, 4) is 0 Å². The van der Waals surface area contributed by atoms with E-state index in [0.29, 0.717) is 38.5 Å². The maximum Gasteiger partial charge on any atom is 0.307 e. The first kappa shape index (κ1) is 21.6. The number of carbonyl (C=O) groups excluding carboxylic acids is 2. The van der Waals surface area contributed by atoms with Crippen molar-refractivity contribution in [1.29, 1.82) is 0 Å². The minimum atomic E-state index is -0.168. The summed E-state index contributed by atoms with van der Waals surface area (Å²) in [5.74, 6) is 0.548. The number of anilines is 2. The van der Waals surface area contributed by atoms with E-state index >= 15 is 0 Å². The molecule has 0 bridgehead atoms. The molecule has 1 aliphatic carbocycles. The molecule has 0 radical (unpaired) electrons. The van der Waals surface area contributed by atoms with Crippen LogP contribution in [-0.2, 0) is 19.1 Å². The maximum atomic E-state index is 12.4. The Bertz CT molecular complexity index is 655. The second-order valence-electron chi connectivity index (χ2n) is 7.74. The van der Waals surface area contributed by atoms with E-state index in [1.54, 1.807) is 0 Å². The van der Waals surface area contributed by atoms with Gasteiger partial charge in [0.05, 0.1) is 26.2 Å². The molecule has 2 aliphatic rings. The van der Waals surface area contributed by atoms with Crippen LogP contribution in [0.15, 0.2) is 24.3 Å². The van der Waals surface area contributed by atoms with Gasteiger partial charge in [0.2, 0.25) is 5.91 Å². The number of nitrogens with zero attached hydrogens (tertiary/aromatic N) is 2. The minimum Gasteiger partial charge on any atom is -0.466 e. The van der Waals surface area contributed by atoms with E-state index in [2.05, 4.69) is 15.1 Å². The number of rotatable bonds is 11. The van der Waals surface area contributed by atoms with Crippen molar-refractivity contribution in [3.05, 3.63) is 24.3 Å². The molecule has 1 aromatic rings. The molecule has 1 saturated heterocycles. The molecule has 1 heterocycles. The van der Waals surface area contributed by atoms with Gasteiger partial charge in [0, 0.05) is 50.5 Å². The third kappa shape index (κ3) is 7.66. The highest BCUT2D eigenvalue weighted by molar-refractivity contribution is 5.91. The van der Waals surface area contributed by atoms with Gasteiger partial charge in [-0.05, 0) is 49.9 Å². The summed E-state index contributed by atoms with van der Waals surface area (Å²) in [6, 6.07) is 7.98. The van der Waals surface area contributed by atoms with E-state index in [4.69, 9.17) is 9.47 Å². The number of nitrogens with one attached hydrogen (secondary N) is 1. The first-order valence-electron chi connectivity index (χ1n) is 10.7. The minimum absolute atomic E-state index is 0.000976. The Morgan fingerprint density at radius 2 is 1.83 bits per heavy atom. The summed E-state index contributed by atoms with van der Waals surface area (Å²) in [6.07, 6.45) is 3.29. The average Bonchev–Trinajstić information content (AvgIpc) is 3.55. The van der Waals surface area contributed by atoms with Crippen LogP contribution in [0, 0.1) is 5.92 Å². The number of hydrogen-bond acceptors (Lipinski definition) is 6. The molecular formula is C22H33N3O4. The maximum absolute atomic E-state index is 12.4. The Kier molecular flexibility index (Phi) is 8.31. The summed E-state index contributed by atoms with van der Waals surface area (Å²) < 4.78 is 10.4. The zero-order chi connectivity index (χ0) is 20.5. The molecule has 1 aliphatic heterocycles. The Morgan fingerprint density at radius 1 is 1.14 bits per heavy atom. The highest BCUT2D eigenvalue weighted by Crippen LogP contribution is 2.29. The van der Waals surface area contributed by atoms with Crippen molar-refractivity contribution >= 4 is 23.3 Å². The van der Waals surface area contributed by atoms with Gasteiger partial charge in [-0.2, -0.15) is 0 Å². The highest BCUT2D eigenvalue weighted by atomic mass is 16.5. The molecule has 1 aromatic carbocycles. The van der Waals surface area contributed by atoms with Crippen LogP contribution < -0.4 is 10.2 Å². The van der Waals surface area contributed by atoms with Crippen molar-refractivity contribution in [2.24, 2.45) is 5.92 Å². The molecule has 29 heavy (non-hydrogen) atoms. The van der Waals surface area contributed by atoms with Crippen LogP contribution in [0.25, 0.3) is 0 Å². The molecule has 0 aromatic heterocycles. The fraction of sp³-hybridized carbons (Fsp3) is 0.636. The molecule has 3 rings (SSSR count). The third-order valence-corrected chi connectivity index (χ3v) is 5.33. The van der Waals surface area contributed by atoms with Crippen LogP contribution in [0.5, 0.6) is 0 Å². The lowest BCUT2D eigenvalue weighted by molar-refractivity contribution is -0.143. The Morgan fingerprint density at radius 3 is 2.48 bits per heavy atom. The van der Waals surface area contributed by atoms with Crippen LogP contribution in [0.4, 0.5) is 11.4 Å². The molecule has 0 spiro atoms. The molecule has 0 unspecified atom stereocenters. The smallest absolute Gasteiger partial charge is 0.307 e. The molecule has 1 saturated carbocycles. The van der Waals surface area contributed by atoms with Crippen molar-refractivity contribution < 1.29 is 19.1 Å². The SMILES string of the molecule is CCOC(=O)CCN(CCC(=O)Nc1ccc(N2CCOCC2)cc1)CC1CC1. The second-order valence-corrected chi connectivity index (χ2v) is 7.74. The van der Waals surface area contributed by atoms with Crippen molar-refractivity contribution in [3.63, 3.8) is 0 Å². The van der Waals surface area contributed by atoms with Crippen LogP contribution in [0.3, 0.4) is 0 Å². The predicted molar refractivity (Wildman–Crippen MR) is 113 cm³/mol. The summed E-state index contributed by atoms with van der Waals surface area (Å²) >= 11 is 0. The van der Waals surface area contributed by atoms with Crippen molar-refractivity contribution in [2.45, 2.75) is 32.6 Å². The van der Waals surface area contributed by atoms with Gasteiger partial charge < -0.3 is 24.6 Å². The van der Waals surface area contributed by atoms with E-state index in [0.717, 1.165) is 44.2 Å². The van der Waals surface area contributed by atoms with Gasteiger partial charge in [0.25, 0.3) is 0 Å². The molecular weight excluding hydrogens is 370 g/mol. The van der Waals surface area contributed by atoms with Crippen LogP contribution in [0.2, 0.25) is 0 Å². The number of esters is 1. The fourth-order valence-electron chi connectivity index (χ4n) is 3.50. The van der Waals surface area contributed by atoms with Crippen LogP contribution in [-0.4, -0.2) is 69.3 Å². The van der Waals surface area contributed by atoms with Crippen LogP contribution in [0.1, 0.15) is 32.6 Å². The lowest BCUT2D eigenvalue weighted by atomic mass is 10.2. The number of carbonyl (C=O) groups is 2. The number of benzene rings is 1. The van der Waals surface area contributed by atoms with Gasteiger partial charge in [0.1, 0.15) is 0 Å². The van der Waals surface area contributed by atoms with E-state index in [9.17, 15) is 9.59 Å². The normalized spacial score (nSPS) is 16.7. The van der Waals surface area contributed by atoms with E-state index < -0.39 is 0 Å². The fourth-order valence-corrected chi connectivity index (χ4v) is 3.50. The topological polar surface area (TPSA) is 71.1 Å². The summed E-state index contributed by atoms with van der Waals surface area (Å²) in [5, 5.41) is 2.98. The largest absolute Gasteiger partial charge is 0.466 e. The highest BCUT2D eigenvalue weighted by Gasteiger charge is 2.24. The van der Waals surface area contributed by atoms with Gasteiger partial charge in [-0.1, -0.05) is 0 Å². The van der Waals surface area contributed by atoms with E-state index in [-0.39, 0.29) is 11.9 Å². The Hall–Kier alpha value is -2.12. The summed E-state index contributed by atoms with van der Waals surface area (Å²) in [5.41, 5.74) is 1.97. The third-order valence-electron chi connectivity index (χ3n) is 5.33. The molecule has 2 fully saturated rings. The van der Waals surface area contributed by atoms with E-state index in [1.165, 1.54) is 12.8 Å². The van der Waals surface area contributed by atoms with Crippen molar-refractivity contribution in [1.82, 2.24) is 4.90 Å². The molecule has 1 amide bonds. The Balaban J connectivity index is 1.42. The first-order valence-corrected chi connectivity index (χ1v) is 10.7. The van der Waals surface area contributed by atoms with Gasteiger partial charge in [-0.15, -0.1) is 0 Å². The van der Waals surface area contributed by atoms with Crippen LogP contribution >= 0.6 is 0 Å². The zero-order valence-electron chi connectivity index (χ0n) is 17.4. The monoisotopic (exact) mass is 403 g/mol. The first-order chi connectivity index (χ1) is 14.1. The molecule has 7 heteroatoms. The summed E-state index contributed by atoms with van der Waals surface area (Å²) in [7, 11) is 0. The summed E-state index contributed by atoms with van der Waals surface area (Å²) in [6.45, 7) is 7.80. The average molecular weight is 404 g/mol. The zero-order valence-corrected chi connectivity index (χ0v) is 17.4. The lowest BCUT2D eigenvalue weighted by Gasteiger charge is -2.28. The lowest BCUT2D eigenvalue weighted by Crippen LogP contribution is -2.36. The number of ether oxygens (including phenoxy) is 2.